The lowest BCUT2D eigenvalue weighted by atomic mass is 9.99. The molecule has 4 aromatic rings. The highest BCUT2D eigenvalue weighted by molar-refractivity contribution is 6.30. The lowest BCUT2D eigenvalue weighted by molar-refractivity contribution is 0.211. The third kappa shape index (κ3) is 5.92. The minimum atomic E-state index is -0.186. The topological polar surface area (TPSA) is 36.3 Å². The van der Waals surface area contributed by atoms with E-state index >= 15 is 0 Å². The molecule has 5 heteroatoms. The van der Waals surface area contributed by atoms with Crippen molar-refractivity contribution >= 4 is 22.6 Å². The first-order valence-electron chi connectivity index (χ1n) is 12.1. The number of benzene rings is 3. The van der Waals surface area contributed by atoms with E-state index in [1.54, 1.807) is 0 Å². The van der Waals surface area contributed by atoms with Gasteiger partial charge in [-0.15, -0.1) is 0 Å². The fourth-order valence-electron chi connectivity index (χ4n) is 4.10. The van der Waals surface area contributed by atoms with Gasteiger partial charge in [0, 0.05) is 11.6 Å². The van der Waals surface area contributed by atoms with Gasteiger partial charge in [-0.3, -0.25) is 0 Å². The molecule has 2 atom stereocenters. The van der Waals surface area contributed by atoms with Gasteiger partial charge in [-0.1, -0.05) is 49.7 Å². The number of fused-ring (bicyclic) bond motifs is 1. The summed E-state index contributed by atoms with van der Waals surface area (Å²) in [5, 5.41) is 0.695. The maximum atomic E-state index is 6.18. The van der Waals surface area contributed by atoms with E-state index < -0.39 is 0 Å². The number of hydrogen-bond acceptors (Lipinski definition) is 3. The Hall–Kier alpha value is -2.98. The zero-order valence-electron chi connectivity index (χ0n) is 20.2. The molecule has 0 saturated heterocycles. The van der Waals surface area contributed by atoms with Gasteiger partial charge >= 0.3 is 0 Å². The zero-order valence-corrected chi connectivity index (χ0v) is 21.0. The van der Waals surface area contributed by atoms with E-state index in [4.69, 9.17) is 26.1 Å². The molecule has 0 bridgehead atoms. The number of imidazole rings is 1. The molecule has 0 aliphatic rings. The van der Waals surface area contributed by atoms with Crippen molar-refractivity contribution in [1.29, 1.82) is 0 Å². The van der Waals surface area contributed by atoms with Gasteiger partial charge in [0.15, 0.2) is 11.9 Å². The summed E-state index contributed by atoms with van der Waals surface area (Å²) in [4.78, 5) is 4.88. The Bertz CT molecular complexity index is 1190. The van der Waals surface area contributed by atoms with Crippen molar-refractivity contribution < 1.29 is 9.47 Å². The number of nitrogens with zero attached hydrogens (tertiary/aromatic N) is 2. The Morgan fingerprint density at radius 3 is 2.32 bits per heavy atom. The Labute approximate surface area is 207 Å². The normalized spacial score (nSPS) is 13.1. The number of aromatic nitrogens is 2. The molecule has 2 unspecified atom stereocenters. The average molecular weight is 477 g/mol. The van der Waals surface area contributed by atoms with Crippen LogP contribution >= 0.6 is 11.6 Å². The number of para-hydroxylation sites is 2. The van der Waals surface area contributed by atoms with Crippen molar-refractivity contribution in [3.05, 3.63) is 89.2 Å². The molecule has 3 aromatic carbocycles. The van der Waals surface area contributed by atoms with E-state index in [1.165, 1.54) is 5.56 Å². The first-order chi connectivity index (χ1) is 16.5. The molecule has 34 heavy (non-hydrogen) atoms. The van der Waals surface area contributed by atoms with Gasteiger partial charge in [-0.25, -0.2) is 4.98 Å². The number of ether oxygens (including phenoxy) is 2. The second-order valence-electron chi connectivity index (χ2n) is 8.76. The van der Waals surface area contributed by atoms with Gasteiger partial charge in [0.25, 0.3) is 0 Å². The van der Waals surface area contributed by atoms with Crippen molar-refractivity contribution in [2.75, 3.05) is 6.61 Å². The average Bonchev–Trinajstić information content (AvgIpc) is 3.24. The summed E-state index contributed by atoms with van der Waals surface area (Å²) in [7, 11) is 0. The fraction of sp³-hybridized carbons (Fsp3) is 0.345. The van der Waals surface area contributed by atoms with Gasteiger partial charge in [0.1, 0.15) is 11.5 Å². The summed E-state index contributed by atoms with van der Waals surface area (Å²) >= 11 is 6.01. The van der Waals surface area contributed by atoms with E-state index in [0.29, 0.717) is 17.5 Å². The van der Waals surface area contributed by atoms with E-state index in [2.05, 4.69) is 60.9 Å². The summed E-state index contributed by atoms with van der Waals surface area (Å²) in [6.45, 7) is 8.07. The summed E-state index contributed by atoms with van der Waals surface area (Å²) in [6.07, 6.45) is 2.92. The highest BCUT2D eigenvalue weighted by Crippen LogP contribution is 2.27. The number of rotatable bonds is 11. The fourth-order valence-corrected chi connectivity index (χ4v) is 4.23. The highest BCUT2D eigenvalue weighted by Gasteiger charge is 2.18. The maximum Gasteiger partial charge on any atom is 0.153 e. The molecule has 178 valence electrons. The molecular formula is C29H33ClN2O2. The van der Waals surface area contributed by atoms with E-state index in [0.717, 1.165) is 54.2 Å². The van der Waals surface area contributed by atoms with Crippen LogP contribution in [0.5, 0.6) is 11.5 Å². The molecule has 4 nitrogen and oxygen atoms in total. The Kier molecular flexibility index (Phi) is 8.12. The van der Waals surface area contributed by atoms with Crippen LogP contribution in [0.2, 0.25) is 5.02 Å². The van der Waals surface area contributed by atoms with Crippen LogP contribution in [0.25, 0.3) is 11.0 Å². The third-order valence-corrected chi connectivity index (χ3v) is 6.53. The molecule has 0 fully saturated rings. The molecule has 0 spiro atoms. The summed E-state index contributed by atoms with van der Waals surface area (Å²) < 4.78 is 14.4. The second-order valence-corrected chi connectivity index (χ2v) is 9.19. The molecule has 0 radical (unpaired) electrons. The minimum absolute atomic E-state index is 0.186. The molecular weight excluding hydrogens is 444 g/mol. The second kappa shape index (κ2) is 11.4. The van der Waals surface area contributed by atoms with Crippen molar-refractivity contribution in [3.63, 3.8) is 0 Å². The number of aryl methyl sites for hydroxylation is 1. The smallest absolute Gasteiger partial charge is 0.153 e. The molecule has 0 aliphatic heterocycles. The zero-order chi connectivity index (χ0) is 23.9. The number of hydrogen-bond donors (Lipinski definition) is 0. The molecule has 0 N–H and O–H groups in total. The first kappa shape index (κ1) is 24.2. The van der Waals surface area contributed by atoms with Crippen LogP contribution in [0, 0.1) is 0 Å². The van der Waals surface area contributed by atoms with Crippen molar-refractivity contribution in [2.24, 2.45) is 0 Å². The molecule has 4 rings (SSSR count). The number of unbranched alkanes of at least 4 members (excludes halogenated alkanes) is 1. The standard InChI is InChI=1S/C29H33ClN2O2/c1-4-21(2)23-11-15-25(16-12-23)33-20-8-7-19-32-28-10-6-5-9-27(28)31-29(32)22(3)34-26-17-13-24(30)14-18-26/h5-6,9-18,21-22H,4,7-8,19-20H2,1-3H3. The van der Waals surface area contributed by atoms with E-state index in [9.17, 15) is 0 Å². The third-order valence-electron chi connectivity index (χ3n) is 6.28. The van der Waals surface area contributed by atoms with Gasteiger partial charge in [-0.2, -0.15) is 0 Å². The van der Waals surface area contributed by atoms with Gasteiger partial charge in [0.05, 0.1) is 17.6 Å². The molecule has 1 aromatic heterocycles. The lowest BCUT2D eigenvalue weighted by Crippen LogP contribution is -2.12. The SMILES string of the molecule is CCC(C)c1ccc(OCCCCn2c(C(C)Oc3ccc(Cl)cc3)nc3ccccc32)cc1. The van der Waals surface area contributed by atoms with Gasteiger partial charge < -0.3 is 14.0 Å². The highest BCUT2D eigenvalue weighted by atomic mass is 35.5. The summed E-state index contributed by atoms with van der Waals surface area (Å²) in [5.41, 5.74) is 3.48. The largest absolute Gasteiger partial charge is 0.494 e. The Balaban J connectivity index is 1.37. The summed E-state index contributed by atoms with van der Waals surface area (Å²) in [5.74, 6) is 3.23. The molecule has 0 saturated carbocycles. The van der Waals surface area contributed by atoms with Crippen LogP contribution in [0.3, 0.4) is 0 Å². The Morgan fingerprint density at radius 1 is 0.882 bits per heavy atom. The number of halogens is 1. The van der Waals surface area contributed by atoms with Crippen LogP contribution in [0.4, 0.5) is 0 Å². The van der Waals surface area contributed by atoms with Crippen LogP contribution in [0.1, 0.15) is 63.4 Å². The first-order valence-corrected chi connectivity index (χ1v) is 12.5. The minimum Gasteiger partial charge on any atom is -0.494 e. The molecule has 1 heterocycles. The van der Waals surface area contributed by atoms with Crippen LogP contribution in [-0.4, -0.2) is 16.2 Å². The Morgan fingerprint density at radius 2 is 1.59 bits per heavy atom. The van der Waals surface area contributed by atoms with E-state index in [-0.39, 0.29) is 6.10 Å². The maximum absolute atomic E-state index is 6.18. The van der Waals surface area contributed by atoms with E-state index in [1.807, 2.05) is 37.3 Å². The van der Waals surface area contributed by atoms with Crippen LogP contribution in [-0.2, 0) is 6.54 Å². The van der Waals surface area contributed by atoms with Crippen LogP contribution in [0.15, 0.2) is 72.8 Å². The van der Waals surface area contributed by atoms with Crippen molar-refractivity contribution in [1.82, 2.24) is 9.55 Å². The van der Waals surface area contributed by atoms with Crippen molar-refractivity contribution in [3.8, 4) is 11.5 Å². The predicted octanol–water partition coefficient (Wildman–Crippen LogP) is 8.20. The van der Waals surface area contributed by atoms with Crippen molar-refractivity contribution in [2.45, 2.75) is 58.6 Å². The van der Waals surface area contributed by atoms with Gasteiger partial charge in [-0.05, 0) is 86.2 Å². The monoisotopic (exact) mass is 476 g/mol. The summed E-state index contributed by atoms with van der Waals surface area (Å²) in [6, 6.07) is 24.2. The van der Waals surface area contributed by atoms with Gasteiger partial charge in [0.2, 0.25) is 0 Å². The van der Waals surface area contributed by atoms with Crippen LogP contribution < -0.4 is 9.47 Å². The quantitative estimate of drug-likeness (QED) is 0.205. The molecule has 0 amide bonds. The predicted molar refractivity (Wildman–Crippen MR) is 140 cm³/mol. The lowest BCUT2D eigenvalue weighted by Gasteiger charge is -2.17. The molecule has 0 aliphatic carbocycles.